The van der Waals surface area contributed by atoms with E-state index in [1.165, 1.54) is 32.1 Å². The van der Waals surface area contributed by atoms with Crippen LogP contribution in [-0.2, 0) is 0 Å². The van der Waals surface area contributed by atoms with Crippen molar-refractivity contribution in [2.24, 2.45) is 22.6 Å². The maximum Gasteiger partial charge on any atom is 0.188 e. The van der Waals surface area contributed by atoms with E-state index in [1.54, 1.807) is 0 Å². The second kappa shape index (κ2) is 6.27. The monoisotopic (exact) mass is 239 g/mol. The van der Waals surface area contributed by atoms with Crippen molar-refractivity contribution >= 4 is 5.96 Å². The summed E-state index contributed by atoms with van der Waals surface area (Å²) in [6.07, 6.45) is 6.75. The van der Waals surface area contributed by atoms with E-state index in [-0.39, 0.29) is 5.54 Å². The molecule has 0 radical (unpaired) electrons. The van der Waals surface area contributed by atoms with E-state index in [0.29, 0.717) is 5.96 Å². The number of nitrogens with one attached hydrogen (secondary N) is 1. The Bertz CT molecular complexity index is 253. The molecule has 1 rings (SSSR count). The molecule has 3 N–H and O–H groups in total. The van der Waals surface area contributed by atoms with Gasteiger partial charge in [-0.3, -0.25) is 4.99 Å². The van der Waals surface area contributed by atoms with Gasteiger partial charge in [-0.05, 0) is 45.4 Å². The summed E-state index contributed by atoms with van der Waals surface area (Å²) in [6, 6.07) is 0. The number of hydrogen-bond acceptors (Lipinski definition) is 1. The van der Waals surface area contributed by atoms with Gasteiger partial charge in [-0.2, -0.15) is 0 Å². The summed E-state index contributed by atoms with van der Waals surface area (Å²) in [5.74, 6) is 2.36. The van der Waals surface area contributed by atoms with Gasteiger partial charge in [0.25, 0.3) is 0 Å². The summed E-state index contributed by atoms with van der Waals surface area (Å²) in [6.45, 7) is 9.52. The first-order valence-corrected chi connectivity index (χ1v) is 6.95. The molecule has 1 fully saturated rings. The lowest BCUT2D eigenvalue weighted by atomic mass is 9.81. The van der Waals surface area contributed by atoms with Crippen molar-refractivity contribution in [1.82, 2.24) is 5.32 Å². The van der Waals surface area contributed by atoms with E-state index in [1.807, 2.05) is 0 Å². The lowest BCUT2D eigenvalue weighted by molar-refractivity contribution is 0.272. The molecular weight excluding hydrogens is 210 g/mol. The molecule has 1 aliphatic carbocycles. The molecule has 0 spiro atoms. The predicted octanol–water partition coefficient (Wildman–Crippen LogP) is 2.91. The summed E-state index contributed by atoms with van der Waals surface area (Å²) in [4.78, 5) is 4.41. The van der Waals surface area contributed by atoms with Gasteiger partial charge in [-0.15, -0.1) is 0 Å². The number of nitrogens with zero attached hydrogens (tertiary/aromatic N) is 1. The van der Waals surface area contributed by atoms with E-state index in [9.17, 15) is 0 Å². The maximum absolute atomic E-state index is 5.84. The van der Waals surface area contributed by atoms with Crippen molar-refractivity contribution < 1.29 is 0 Å². The van der Waals surface area contributed by atoms with Gasteiger partial charge in [-0.1, -0.05) is 26.2 Å². The quantitative estimate of drug-likeness (QED) is 0.588. The third-order valence-electron chi connectivity index (χ3n) is 3.37. The van der Waals surface area contributed by atoms with Crippen LogP contribution in [0.4, 0.5) is 0 Å². The Labute approximate surface area is 106 Å². The Kier molecular flexibility index (Phi) is 5.29. The van der Waals surface area contributed by atoms with Crippen molar-refractivity contribution in [3.05, 3.63) is 0 Å². The Balaban J connectivity index is 2.24. The first-order valence-electron chi connectivity index (χ1n) is 6.95. The largest absolute Gasteiger partial charge is 0.370 e. The van der Waals surface area contributed by atoms with Crippen molar-refractivity contribution in [2.75, 3.05) is 6.54 Å². The SMILES string of the molecule is CC1CCCC(CCN=C(N)NC(C)(C)C)C1. The number of rotatable bonds is 3. The molecule has 17 heavy (non-hydrogen) atoms. The fraction of sp³-hybridized carbons (Fsp3) is 0.929. The van der Waals surface area contributed by atoms with Gasteiger partial charge < -0.3 is 11.1 Å². The molecular formula is C14H29N3. The van der Waals surface area contributed by atoms with Crippen LogP contribution in [0.3, 0.4) is 0 Å². The molecule has 3 nitrogen and oxygen atoms in total. The predicted molar refractivity (Wildman–Crippen MR) is 75.1 cm³/mol. The Morgan fingerprint density at radius 1 is 1.35 bits per heavy atom. The topological polar surface area (TPSA) is 50.4 Å². The van der Waals surface area contributed by atoms with Gasteiger partial charge in [0.1, 0.15) is 0 Å². The summed E-state index contributed by atoms with van der Waals surface area (Å²) in [5, 5.41) is 3.19. The highest BCUT2D eigenvalue weighted by atomic mass is 15.1. The molecule has 0 saturated heterocycles. The third kappa shape index (κ3) is 6.54. The highest BCUT2D eigenvalue weighted by Gasteiger charge is 2.18. The molecule has 0 heterocycles. The Morgan fingerprint density at radius 3 is 2.65 bits per heavy atom. The molecule has 0 aromatic carbocycles. The average Bonchev–Trinajstić information content (AvgIpc) is 2.14. The van der Waals surface area contributed by atoms with Crippen molar-refractivity contribution in [3.8, 4) is 0 Å². The van der Waals surface area contributed by atoms with Crippen LogP contribution in [0.1, 0.15) is 59.8 Å². The molecule has 100 valence electrons. The molecule has 3 heteroatoms. The van der Waals surface area contributed by atoms with Crippen LogP contribution in [0.25, 0.3) is 0 Å². The molecule has 0 aromatic heterocycles. The minimum atomic E-state index is 0.00688. The lowest BCUT2D eigenvalue weighted by Crippen LogP contribution is -2.45. The normalized spacial score (nSPS) is 26.9. The van der Waals surface area contributed by atoms with Crippen LogP contribution in [0.15, 0.2) is 4.99 Å². The number of guanidine groups is 1. The van der Waals surface area contributed by atoms with E-state index in [0.717, 1.165) is 18.4 Å². The number of aliphatic imine (C=N–C) groups is 1. The maximum atomic E-state index is 5.84. The highest BCUT2D eigenvalue weighted by molar-refractivity contribution is 5.78. The first-order chi connectivity index (χ1) is 7.87. The Morgan fingerprint density at radius 2 is 2.06 bits per heavy atom. The van der Waals surface area contributed by atoms with Gasteiger partial charge >= 0.3 is 0 Å². The summed E-state index contributed by atoms with van der Waals surface area (Å²) in [5.41, 5.74) is 5.85. The van der Waals surface area contributed by atoms with Gasteiger partial charge in [0, 0.05) is 12.1 Å². The zero-order valence-electron chi connectivity index (χ0n) is 11.9. The van der Waals surface area contributed by atoms with Crippen LogP contribution in [0.2, 0.25) is 0 Å². The van der Waals surface area contributed by atoms with E-state index < -0.39 is 0 Å². The smallest absolute Gasteiger partial charge is 0.188 e. The van der Waals surface area contributed by atoms with Crippen LogP contribution in [-0.4, -0.2) is 18.0 Å². The molecule has 0 aliphatic heterocycles. The average molecular weight is 239 g/mol. The second-order valence-corrected chi connectivity index (χ2v) is 6.57. The number of nitrogens with two attached hydrogens (primary N) is 1. The second-order valence-electron chi connectivity index (χ2n) is 6.57. The Hall–Kier alpha value is -0.730. The molecule has 0 bridgehead atoms. The standard InChI is InChI=1S/C14H29N3/c1-11-6-5-7-12(10-11)8-9-16-13(15)17-14(2,3)4/h11-12H,5-10H2,1-4H3,(H3,15,16,17). The fourth-order valence-electron chi connectivity index (χ4n) is 2.61. The van der Waals surface area contributed by atoms with Gasteiger partial charge in [0.2, 0.25) is 0 Å². The van der Waals surface area contributed by atoms with Gasteiger partial charge in [-0.25, -0.2) is 0 Å². The van der Waals surface area contributed by atoms with Crippen LogP contribution >= 0.6 is 0 Å². The van der Waals surface area contributed by atoms with E-state index in [2.05, 4.69) is 38.0 Å². The summed E-state index contributed by atoms with van der Waals surface area (Å²) >= 11 is 0. The van der Waals surface area contributed by atoms with Crippen molar-refractivity contribution in [2.45, 2.75) is 65.3 Å². The molecule has 1 aliphatic rings. The van der Waals surface area contributed by atoms with Crippen LogP contribution in [0, 0.1) is 11.8 Å². The van der Waals surface area contributed by atoms with Crippen LogP contribution in [0.5, 0.6) is 0 Å². The lowest BCUT2D eigenvalue weighted by Gasteiger charge is -2.26. The minimum Gasteiger partial charge on any atom is -0.370 e. The molecule has 0 amide bonds. The minimum absolute atomic E-state index is 0.00688. The van der Waals surface area contributed by atoms with E-state index >= 15 is 0 Å². The van der Waals surface area contributed by atoms with Gasteiger partial charge in [0.05, 0.1) is 0 Å². The van der Waals surface area contributed by atoms with Gasteiger partial charge in [0.15, 0.2) is 5.96 Å². The first kappa shape index (κ1) is 14.3. The summed E-state index contributed by atoms with van der Waals surface area (Å²) in [7, 11) is 0. The zero-order valence-corrected chi connectivity index (χ0v) is 11.9. The van der Waals surface area contributed by atoms with Crippen molar-refractivity contribution in [1.29, 1.82) is 0 Å². The fourth-order valence-corrected chi connectivity index (χ4v) is 2.61. The zero-order chi connectivity index (χ0) is 12.9. The highest BCUT2D eigenvalue weighted by Crippen LogP contribution is 2.30. The molecule has 2 unspecified atom stereocenters. The third-order valence-corrected chi connectivity index (χ3v) is 3.37. The number of hydrogen-bond donors (Lipinski definition) is 2. The van der Waals surface area contributed by atoms with E-state index in [4.69, 9.17) is 5.73 Å². The van der Waals surface area contributed by atoms with Crippen molar-refractivity contribution in [3.63, 3.8) is 0 Å². The molecule has 2 atom stereocenters. The summed E-state index contributed by atoms with van der Waals surface area (Å²) < 4.78 is 0. The van der Waals surface area contributed by atoms with Crippen LogP contribution < -0.4 is 11.1 Å². The molecule has 1 saturated carbocycles. The molecule has 0 aromatic rings.